The van der Waals surface area contributed by atoms with Gasteiger partial charge < -0.3 is 5.11 Å². The van der Waals surface area contributed by atoms with Crippen molar-refractivity contribution in [2.45, 2.75) is 17.7 Å². The van der Waals surface area contributed by atoms with Crippen molar-refractivity contribution in [2.75, 3.05) is 13.6 Å². The fourth-order valence-corrected chi connectivity index (χ4v) is 3.64. The Balaban J connectivity index is 2.87. The second kappa shape index (κ2) is 6.44. The molecule has 0 heterocycles. The molecule has 0 fully saturated rings. The molecule has 0 aromatic heterocycles. The molecule has 1 aromatic carbocycles. The number of carboxylic acids is 1. The third kappa shape index (κ3) is 4.26. The Morgan fingerprint density at radius 2 is 2.11 bits per heavy atom. The van der Waals surface area contributed by atoms with Crippen LogP contribution < -0.4 is 0 Å². The van der Waals surface area contributed by atoms with Crippen molar-refractivity contribution in [3.8, 4) is 0 Å². The van der Waals surface area contributed by atoms with Crippen LogP contribution in [0.5, 0.6) is 0 Å². The first-order valence-corrected chi connectivity index (χ1v) is 7.61. The topological polar surface area (TPSA) is 74.7 Å². The fourth-order valence-electron chi connectivity index (χ4n) is 1.43. The maximum atomic E-state index is 12.9. The van der Waals surface area contributed by atoms with Gasteiger partial charge in [-0.25, -0.2) is 17.1 Å². The summed E-state index contributed by atoms with van der Waals surface area (Å²) in [6.07, 6.45) is 0.105. The zero-order valence-electron chi connectivity index (χ0n) is 10.1. The van der Waals surface area contributed by atoms with Crippen molar-refractivity contribution in [3.63, 3.8) is 0 Å². The molecule has 0 aliphatic heterocycles. The summed E-state index contributed by atoms with van der Waals surface area (Å²) in [5.41, 5.74) is 0. The summed E-state index contributed by atoms with van der Waals surface area (Å²) < 4.78 is 38.4. The zero-order chi connectivity index (χ0) is 14.6. The Kier molecular flexibility index (Phi) is 5.45. The second-order valence-corrected chi connectivity index (χ2v) is 6.77. The molecular formula is C11H13BrFNO4S. The van der Waals surface area contributed by atoms with Gasteiger partial charge in [-0.15, -0.1) is 0 Å². The number of aliphatic carboxylic acids is 1. The third-order valence-electron chi connectivity index (χ3n) is 2.45. The predicted octanol–water partition coefficient (Wildman–Crippen LogP) is 2.07. The number of halogens is 2. The van der Waals surface area contributed by atoms with Crippen LogP contribution in [0.1, 0.15) is 12.8 Å². The summed E-state index contributed by atoms with van der Waals surface area (Å²) in [4.78, 5) is 10.3. The van der Waals surface area contributed by atoms with Crippen LogP contribution in [-0.2, 0) is 14.8 Å². The molecule has 1 rings (SSSR count). The average molecular weight is 354 g/mol. The van der Waals surface area contributed by atoms with Crippen molar-refractivity contribution in [3.05, 3.63) is 28.5 Å². The van der Waals surface area contributed by atoms with Gasteiger partial charge in [-0.2, -0.15) is 0 Å². The van der Waals surface area contributed by atoms with Crippen molar-refractivity contribution in [1.29, 1.82) is 0 Å². The van der Waals surface area contributed by atoms with E-state index in [2.05, 4.69) is 15.9 Å². The maximum Gasteiger partial charge on any atom is 0.303 e. The van der Waals surface area contributed by atoms with Crippen LogP contribution in [0.25, 0.3) is 0 Å². The molecule has 0 unspecified atom stereocenters. The van der Waals surface area contributed by atoms with Crippen LogP contribution >= 0.6 is 15.9 Å². The van der Waals surface area contributed by atoms with Crippen LogP contribution in [0.4, 0.5) is 4.39 Å². The van der Waals surface area contributed by atoms with Crippen molar-refractivity contribution in [1.82, 2.24) is 4.31 Å². The lowest BCUT2D eigenvalue weighted by Gasteiger charge is -2.17. The lowest BCUT2D eigenvalue weighted by molar-refractivity contribution is -0.137. The minimum atomic E-state index is -3.76. The first-order valence-electron chi connectivity index (χ1n) is 5.38. The van der Waals surface area contributed by atoms with Gasteiger partial charge in [0.25, 0.3) is 0 Å². The minimum absolute atomic E-state index is 0.0493. The number of carbonyl (C=O) groups is 1. The summed E-state index contributed by atoms with van der Waals surface area (Å²) in [6, 6.07) is 3.29. The molecule has 1 N–H and O–H groups in total. The largest absolute Gasteiger partial charge is 0.481 e. The fraction of sp³-hybridized carbons (Fsp3) is 0.364. The molecular weight excluding hydrogens is 341 g/mol. The SMILES string of the molecule is CN(CCCC(=O)O)S(=O)(=O)c1ccc(F)cc1Br. The van der Waals surface area contributed by atoms with Crippen molar-refractivity contribution >= 4 is 31.9 Å². The van der Waals surface area contributed by atoms with Crippen LogP contribution in [0, 0.1) is 5.82 Å². The van der Waals surface area contributed by atoms with E-state index in [4.69, 9.17) is 5.11 Å². The van der Waals surface area contributed by atoms with Gasteiger partial charge in [0.2, 0.25) is 10.0 Å². The summed E-state index contributed by atoms with van der Waals surface area (Å²) >= 11 is 3.00. The van der Waals surface area contributed by atoms with Gasteiger partial charge in [-0.3, -0.25) is 4.79 Å². The van der Waals surface area contributed by atoms with E-state index >= 15 is 0 Å². The van der Waals surface area contributed by atoms with Crippen LogP contribution in [0.3, 0.4) is 0 Å². The highest BCUT2D eigenvalue weighted by Gasteiger charge is 2.23. The summed E-state index contributed by atoms with van der Waals surface area (Å²) in [5, 5.41) is 8.50. The van der Waals surface area contributed by atoms with E-state index in [0.717, 1.165) is 16.4 Å². The quantitative estimate of drug-likeness (QED) is 0.849. The highest BCUT2D eigenvalue weighted by Crippen LogP contribution is 2.25. The molecule has 1 aromatic rings. The van der Waals surface area contributed by atoms with E-state index in [9.17, 15) is 17.6 Å². The first-order chi connectivity index (χ1) is 8.75. The summed E-state index contributed by atoms with van der Waals surface area (Å²) in [7, 11) is -2.40. The second-order valence-electron chi connectivity index (χ2n) is 3.90. The monoisotopic (exact) mass is 353 g/mol. The van der Waals surface area contributed by atoms with Gasteiger partial charge in [0.1, 0.15) is 5.82 Å². The van der Waals surface area contributed by atoms with Crippen LogP contribution in [-0.4, -0.2) is 37.4 Å². The van der Waals surface area contributed by atoms with Crippen LogP contribution in [0.15, 0.2) is 27.6 Å². The molecule has 0 amide bonds. The molecule has 5 nitrogen and oxygen atoms in total. The maximum absolute atomic E-state index is 12.9. The van der Waals surface area contributed by atoms with Gasteiger partial charge in [-0.05, 0) is 40.5 Å². The van der Waals surface area contributed by atoms with Crippen LogP contribution in [0.2, 0.25) is 0 Å². The molecule has 106 valence electrons. The molecule has 0 atom stereocenters. The van der Waals surface area contributed by atoms with E-state index < -0.39 is 21.8 Å². The lowest BCUT2D eigenvalue weighted by Crippen LogP contribution is -2.28. The standard InChI is InChI=1S/C11H13BrFNO4S/c1-14(6-2-3-11(15)16)19(17,18)10-5-4-8(13)7-9(10)12/h4-5,7H,2-3,6H2,1H3,(H,15,16). The number of carboxylic acid groups (broad SMARTS) is 1. The highest BCUT2D eigenvalue weighted by molar-refractivity contribution is 9.10. The molecule has 0 saturated carbocycles. The van der Waals surface area contributed by atoms with E-state index in [1.165, 1.54) is 13.1 Å². The predicted molar refractivity (Wildman–Crippen MR) is 70.8 cm³/mol. The smallest absolute Gasteiger partial charge is 0.303 e. The molecule has 0 radical (unpaired) electrons. The van der Waals surface area contributed by atoms with Gasteiger partial charge in [-0.1, -0.05) is 0 Å². The molecule has 0 aliphatic rings. The van der Waals surface area contributed by atoms with Crippen molar-refractivity contribution in [2.24, 2.45) is 0 Å². The zero-order valence-corrected chi connectivity index (χ0v) is 12.5. The molecule has 8 heteroatoms. The first kappa shape index (κ1) is 16.1. The number of nitrogens with zero attached hydrogens (tertiary/aromatic N) is 1. The average Bonchev–Trinajstić information content (AvgIpc) is 2.27. The van der Waals surface area contributed by atoms with E-state index in [1.807, 2.05) is 0 Å². The van der Waals surface area contributed by atoms with Gasteiger partial charge in [0.15, 0.2) is 0 Å². The number of hydrogen-bond donors (Lipinski definition) is 1. The molecule has 19 heavy (non-hydrogen) atoms. The lowest BCUT2D eigenvalue weighted by atomic mass is 10.3. The Labute approximate surface area is 119 Å². The normalized spacial score (nSPS) is 11.8. The Morgan fingerprint density at radius 1 is 1.47 bits per heavy atom. The molecule has 0 bridgehead atoms. The Morgan fingerprint density at radius 3 is 2.63 bits per heavy atom. The van der Waals surface area contributed by atoms with E-state index in [0.29, 0.717) is 0 Å². The van der Waals surface area contributed by atoms with Gasteiger partial charge in [0, 0.05) is 24.5 Å². The number of rotatable bonds is 6. The van der Waals surface area contributed by atoms with Crippen molar-refractivity contribution < 1.29 is 22.7 Å². The Hall–Kier alpha value is -0.990. The van der Waals surface area contributed by atoms with Gasteiger partial charge >= 0.3 is 5.97 Å². The molecule has 0 spiro atoms. The number of sulfonamides is 1. The highest BCUT2D eigenvalue weighted by atomic mass is 79.9. The Bertz CT molecular complexity index is 576. The van der Waals surface area contributed by atoms with Gasteiger partial charge in [0.05, 0.1) is 4.90 Å². The number of hydrogen-bond acceptors (Lipinski definition) is 3. The van der Waals surface area contributed by atoms with E-state index in [1.54, 1.807) is 0 Å². The van der Waals surface area contributed by atoms with E-state index in [-0.39, 0.29) is 28.8 Å². The summed E-state index contributed by atoms with van der Waals surface area (Å²) in [6.45, 7) is 0.0818. The third-order valence-corrected chi connectivity index (χ3v) is 5.28. The number of benzene rings is 1. The molecule has 0 saturated heterocycles. The summed E-state index contributed by atoms with van der Waals surface area (Å²) in [5.74, 6) is -1.52. The molecule has 0 aliphatic carbocycles. The minimum Gasteiger partial charge on any atom is -0.481 e.